The van der Waals surface area contributed by atoms with Crippen molar-refractivity contribution in [2.45, 2.75) is 51.7 Å². The van der Waals surface area contributed by atoms with Gasteiger partial charge in [-0.25, -0.2) is 4.79 Å². The summed E-state index contributed by atoms with van der Waals surface area (Å²) in [5.74, 6) is 1.46. The molecule has 0 aromatic carbocycles. The molecule has 0 radical (unpaired) electrons. The number of rotatable bonds is 0. The topological polar surface area (TPSA) is 54.7 Å². The number of nitrogens with one attached hydrogen (secondary N) is 1. The van der Waals surface area contributed by atoms with E-state index in [0.29, 0.717) is 12.5 Å². The Morgan fingerprint density at radius 1 is 1.50 bits per heavy atom. The molecule has 5 heteroatoms. The van der Waals surface area contributed by atoms with Gasteiger partial charge in [-0.2, -0.15) is 0 Å². The maximum Gasteiger partial charge on any atom is 0.410 e. The third kappa shape index (κ3) is 2.86. The molecular formula is C17H26N2O3. The van der Waals surface area contributed by atoms with Gasteiger partial charge in [0.25, 0.3) is 0 Å². The molecule has 1 spiro atoms. The molecule has 22 heavy (non-hydrogen) atoms. The largest absolute Gasteiger partial charge is 0.469 e. The van der Waals surface area contributed by atoms with Crippen LogP contribution in [0.15, 0.2) is 16.7 Å². The molecule has 2 aliphatic heterocycles. The first-order chi connectivity index (χ1) is 10.3. The molecule has 3 heterocycles. The Kier molecular flexibility index (Phi) is 3.71. The molecule has 1 N–H and O–H groups in total. The van der Waals surface area contributed by atoms with Gasteiger partial charge in [-0.1, -0.05) is 6.92 Å². The van der Waals surface area contributed by atoms with E-state index in [9.17, 15) is 4.79 Å². The fourth-order valence-electron chi connectivity index (χ4n) is 3.75. The summed E-state index contributed by atoms with van der Waals surface area (Å²) < 4.78 is 11.2. The fraction of sp³-hybridized carbons (Fsp3) is 0.706. The maximum atomic E-state index is 12.5. The van der Waals surface area contributed by atoms with Gasteiger partial charge < -0.3 is 19.4 Å². The number of nitrogens with zero attached hydrogens (tertiary/aromatic N) is 1. The number of hydrogen-bond acceptors (Lipinski definition) is 4. The van der Waals surface area contributed by atoms with Crippen molar-refractivity contribution in [3.63, 3.8) is 0 Å². The van der Waals surface area contributed by atoms with E-state index in [4.69, 9.17) is 9.15 Å². The Bertz CT molecular complexity index is 560. The van der Waals surface area contributed by atoms with E-state index in [1.807, 2.05) is 31.7 Å². The first-order valence-electron chi connectivity index (χ1n) is 8.09. The lowest BCUT2D eigenvalue weighted by molar-refractivity contribution is 0.00134. The van der Waals surface area contributed by atoms with Crippen molar-refractivity contribution in [3.8, 4) is 0 Å². The van der Waals surface area contributed by atoms with Crippen LogP contribution in [0.2, 0.25) is 0 Å². The van der Waals surface area contributed by atoms with Gasteiger partial charge in [0.1, 0.15) is 11.4 Å². The highest BCUT2D eigenvalue weighted by atomic mass is 16.6. The summed E-state index contributed by atoms with van der Waals surface area (Å²) in [5, 5.41) is 3.65. The molecule has 0 saturated carbocycles. The zero-order valence-corrected chi connectivity index (χ0v) is 13.9. The van der Waals surface area contributed by atoms with Crippen LogP contribution >= 0.6 is 0 Å². The first kappa shape index (κ1) is 15.4. The van der Waals surface area contributed by atoms with E-state index in [1.54, 1.807) is 6.26 Å². The van der Waals surface area contributed by atoms with Crippen molar-refractivity contribution in [3.05, 3.63) is 23.7 Å². The lowest BCUT2D eigenvalue weighted by atomic mass is 9.76. The van der Waals surface area contributed by atoms with Crippen LogP contribution in [0, 0.1) is 5.92 Å². The fourth-order valence-corrected chi connectivity index (χ4v) is 3.75. The Hall–Kier alpha value is -1.49. The van der Waals surface area contributed by atoms with Gasteiger partial charge in [0.15, 0.2) is 0 Å². The number of furan rings is 1. The van der Waals surface area contributed by atoms with Crippen LogP contribution in [0.4, 0.5) is 4.79 Å². The van der Waals surface area contributed by atoms with Crippen LogP contribution < -0.4 is 5.32 Å². The average molecular weight is 306 g/mol. The summed E-state index contributed by atoms with van der Waals surface area (Å²) in [6, 6.07) is 2.05. The van der Waals surface area contributed by atoms with E-state index in [-0.39, 0.29) is 11.6 Å². The number of fused-ring (bicyclic) bond motifs is 2. The Labute approximate surface area is 132 Å². The van der Waals surface area contributed by atoms with E-state index >= 15 is 0 Å². The highest BCUT2D eigenvalue weighted by Crippen LogP contribution is 2.39. The second kappa shape index (κ2) is 5.30. The molecule has 0 bridgehead atoms. The van der Waals surface area contributed by atoms with Crippen molar-refractivity contribution in [1.82, 2.24) is 10.2 Å². The first-order valence-corrected chi connectivity index (χ1v) is 8.09. The van der Waals surface area contributed by atoms with Crippen LogP contribution in [0.3, 0.4) is 0 Å². The van der Waals surface area contributed by atoms with Crippen molar-refractivity contribution < 1.29 is 13.9 Å². The number of amides is 1. The summed E-state index contributed by atoms with van der Waals surface area (Å²) >= 11 is 0. The molecular weight excluding hydrogens is 280 g/mol. The highest BCUT2D eigenvalue weighted by Gasteiger charge is 2.45. The summed E-state index contributed by atoms with van der Waals surface area (Å²) in [6.45, 7) is 10.2. The monoisotopic (exact) mass is 306 g/mol. The minimum Gasteiger partial charge on any atom is -0.469 e. The highest BCUT2D eigenvalue weighted by molar-refractivity contribution is 5.68. The second-order valence-corrected chi connectivity index (χ2v) is 7.69. The van der Waals surface area contributed by atoms with Gasteiger partial charge in [-0.05, 0) is 39.2 Å². The van der Waals surface area contributed by atoms with Gasteiger partial charge in [0, 0.05) is 31.6 Å². The van der Waals surface area contributed by atoms with Crippen molar-refractivity contribution in [1.29, 1.82) is 0 Å². The van der Waals surface area contributed by atoms with E-state index in [2.05, 4.69) is 12.2 Å². The predicted molar refractivity (Wildman–Crippen MR) is 83.7 cm³/mol. The Morgan fingerprint density at radius 2 is 2.27 bits per heavy atom. The van der Waals surface area contributed by atoms with Gasteiger partial charge in [0.05, 0.1) is 11.8 Å². The average Bonchev–Trinajstić information content (AvgIpc) is 2.86. The van der Waals surface area contributed by atoms with Crippen LogP contribution in [-0.2, 0) is 16.7 Å². The predicted octanol–water partition coefficient (Wildman–Crippen LogP) is 2.90. The van der Waals surface area contributed by atoms with Crippen LogP contribution in [-0.4, -0.2) is 36.2 Å². The normalized spacial score (nSPS) is 28.5. The summed E-state index contributed by atoms with van der Waals surface area (Å²) in [6.07, 6.45) is 3.45. The molecule has 2 atom stereocenters. The van der Waals surface area contributed by atoms with Crippen LogP contribution in [0.25, 0.3) is 0 Å². The standard InChI is InChI=1S/C17H26N2O3/c1-12-9-17(13-6-8-21-14(13)5-7-18-17)11-19(10-12)15(20)22-16(2,3)4/h6,8,12,18H,5,7,9-11H2,1-4H3. The van der Waals surface area contributed by atoms with E-state index in [1.165, 1.54) is 5.56 Å². The zero-order valence-electron chi connectivity index (χ0n) is 13.9. The number of carbonyl (C=O) groups excluding carboxylic acids is 1. The minimum atomic E-state index is -0.467. The molecule has 1 aromatic heterocycles. The SMILES string of the molecule is CC1CN(C(=O)OC(C)(C)C)CC2(C1)NCCc1occc12. The number of carbonyl (C=O) groups is 1. The molecule has 1 aromatic rings. The van der Waals surface area contributed by atoms with Gasteiger partial charge >= 0.3 is 6.09 Å². The van der Waals surface area contributed by atoms with Gasteiger partial charge in [0.2, 0.25) is 0 Å². The molecule has 1 amide bonds. The molecule has 1 saturated heterocycles. The third-order valence-corrected chi connectivity index (χ3v) is 4.42. The van der Waals surface area contributed by atoms with Crippen molar-refractivity contribution >= 4 is 6.09 Å². The van der Waals surface area contributed by atoms with Crippen LogP contribution in [0.5, 0.6) is 0 Å². The molecule has 0 aliphatic carbocycles. The van der Waals surface area contributed by atoms with Crippen molar-refractivity contribution in [2.24, 2.45) is 5.92 Å². The number of piperidine rings is 1. The summed E-state index contributed by atoms with van der Waals surface area (Å²) in [4.78, 5) is 14.3. The number of hydrogen-bond donors (Lipinski definition) is 1. The molecule has 5 nitrogen and oxygen atoms in total. The van der Waals surface area contributed by atoms with Crippen molar-refractivity contribution in [2.75, 3.05) is 19.6 Å². The van der Waals surface area contributed by atoms with E-state index in [0.717, 1.165) is 31.7 Å². The van der Waals surface area contributed by atoms with Crippen LogP contribution in [0.1, 0.15) is 45.4 Å². The summed E-state index contributed by atoms with van der Waals surface area (Å²) in [7, 11) is 0. The smallest absolute Gasteiger partial charge is 0.410 e. The quantitative estimate of drug-likeness (QED) is 0.801. The van der Waals surface area contributed by atoms with Gasteiger partial charge in [-0.3, -0.25) is 0 Å². The second-order valence-electron chi connectivity index (χ2n) is 7.69. The zero-order chi connectivity index (χ0) is 16.0. The molecule has 2 unspecified atom stereocenters. The maximum absolute atomic E-state index is 12.5. The number of ether oxygens (including phenoxy) is 1. The molecule has 122 valence electrons. The molecule has 1 fully saturated rings. The summed E-state index contributed by atoms with van der Waals surface area (Å²) in [5.41, 5.74) is 0.541. The lowest BCUT2D eigenvalue weighted by Crippen LogP contribution is -2.60. The van der Waals surface area contributed by atoms with E-state index < -0.39 is 5.60 Å². The Morgan fingerprint density at radius 3 is 3.00 bits per heavy atom. The number of likely N-dealkylation sites (tertiary alicyclic amines) is 1. The molecule has 2 aliphatic rings. The van der Waals surface area contributed by atoms with Gasteiger partial charge in [-0.15, -0.1) is 0 Å². The minimum absolute atomic E-state index is 0.199. The lowest BCUT2D eigenvalue weighted by Gasteiger charge is -2.47. The molecule has 3 rings (SSSR count). The Balaban J connectivity index is 1.85. The third-order valence-electron chi connectivity index (χ3n) is 4.42.